The number of aliphatic hydroxyl groups excluding tert-OH is 1. The molecular formula is C17H26O2. The minimum Gasteiger partial charge on any atom is -0.493 e. The summed E-state index contributed by atoms with van der Waals surface area (Å²) in [6, 6.07) is 9.83. The molecule has 1 atom stereocenters. The molecule has 2 heteroatoms. The van der Waals surface area contributed by atoms with Gasteiger partial charge in [-0.15, -0.1) is 0 Å². The van der Waals surface area contributed by atoms with Crippen molar-refractivity contribution in [2.75, 3.05) is 6.61 Å². The maximum absolute atomic E-state index is 10.2. The maximum atomic E-state index is 10.2. The lowest BCUT2D eigenvalue weighted by Gasteiger charge is -2.31. The van der Waals surface area contributed by atoms with Crippen LogP contribution in [-0.2, 0) is 0 Å². The number of aliphatic hydroxyl groups is 1. The first kappa shape index (κ1) is 14.4. The van der Waals surface area contributed by atoms with E-state index in [1.807, 2.05) is 30.3 Å². The molecule has 0 radical (unpaired) electrons. The van der Waals surface area contributed by atoms with Crippen LogP contribution in [0.25, 0.3) is 0 Å². The number of hydrogen-bond acceptors (Lipinski definition) is 2. The smallest absolute Gasteiger partial charge is 0.119 e. The van der Waals surface area contributed by atoms with Gasteiger partial charge < -0.3 is 9.84 Å². The predicted octanol–water partition coefficient (Wildman–Crippen LogP) is 4.03. The highest BCUT2D eigenvalue weighted by molar-refractivity contribution is 5.20. The fraction of sp³-hybridized carbons (Fsp3) is 0.647. The molecule has 1 fully saturated rings. The molecule has 1 aromatic rings. The van der Waals surface area contributed by atoms with Gasteiger partial charge in [-0.2, -0.15) is 0 Å². The molecule has 1 aliphatic carbocycles. The maximum Gasteiger partial charge on any atom is 0.119 e. The molecule has 1 unspecified atom stereocenters. The average Bonchev–Trinajstić information content (AvgIpc) is 2.48. The molecule has 0 bridgehead atoms. The zero-order chi connectivity index (χ0) is 13.5. The molecule has 0 spiro atoms. The largest absolute Gasteiger partial charge is 0.493 e. The highest BCUT2D eigenvalue weighted by Gasteiger charge is 2.25. The number of hydrogen-bond donors (Lipinski definition) is 1. The third kappa shape index (κ3) is 4.54. The Labute approximate surface area is 116 Å². The second-order valence-corrected chi connectivity index (χ2v) is 5.71. The van der Waals surface area contributed by atoms with Gasteiger partial charge in [0.05, 0.1) is 12.7 Å². The summed E-state index contributed by atoms with van der Waals surface area (Å²) in [6.07, 6.45) is 6.79. The first-order valence-corrected chi connectivity index (χ1v) is 7.65. The Bertz CT molecular complexity index is 342. The molecule has 0 saturated heterocycles. The Morgan fingerprint density at radius 2 is 1.84 bits per heavy atom. The quantitative estimate of drug-likeness (QED) is 0.838. The van der Waals surface area contributed by atoms with Crippen molar-refractivity contribution in [3.8, 4) is 5.75 Å². The summed E-state index contributed by atoms with van der Waals surface area (Å²) in [5, 5.41) is 10.2. The van der Waals surface area contributed by atoms with Crippen molar-refractivity contribution < 1.29 is 9.84 Å². The zero-order valence-electron chi connectivity index (χ0n) is 11.9. The molecule has 1 N–H and O–H groups in total. The summed E-state index contributed by atoms with van der Waals surface area (Å²) in [4.78, 5) is 0. The molecule has 1 saturated carbocycles. The minimum absolute atomic E-state index is 0.193. The van der Waals surface area contributed by atoms with Gasteiger partial charge in [0.15, 0.2) is 0 Å². The summed E-state index contributed by atoms with van der Waals surface area (Å²) in [6.45, 7) is 2.88. The van der Waals surface area contributed by atoms with Gasteiger partial charge in [-0.25, -0.2) is 0 Å². The van der Waals surface area contributed by atoms with Crippen LogP contribution < -0.4 is 4.74 Å². The SMILES string of the molecule is CCC1CCC(C(O)CCOc2ccccc2)CC1. The molecular weight excluding hydrogens is 236 g/mol. The minimum atomic E-state index is -0.193. The van der Waals surface area contributed by atoms with Crippen molar-refractivity contribution in [1.29, 1.82) is 0 Å². The van der Waals surface area contributed by atoms with E-state index in [0.29, 0.717) is 12.5 Å². The highest BCUT2D eigenvalue weighted by atomic mass is 16.5. The fourth-order valence-corrected chi connectivity index (χ4v) is 3.03. The van der Waals surface area contributed by atoms with Crippen LogP contribution in [0.5, 0.6) is 5.75 Å². The number of para-hydroxylation sites is 1. The van der Waals surface area contributed by atoms with Gasteiger partial charge in [0, 0.05) is 6.42 Å². The Balaban J connectivity index is 1.66. The van der Waals surface area contributed by atoms with Crippen molar-refractivity contribution in [3.05, 3.63) is 30.3 Å². The van der Waals surface area contributed by atoms with Crippen molar-refractivity contribution in [2.45, 2.75) is 51.6 Å². The van der Waals surface area contributed by atoms with Crippen molar-refractivity contribution in [1.82, 2.24) is 0 Å². The second-order valence-electron chi connectivity index (χ2n) is 5.71. The monoisotopic (exact) mass is 262 g/mol. The number of rotatable bonds is 6. The van der Waals surface area contributed by atoms with Crippen LogP contribution in [-0.4, -0.2) is 17.8 Å². The predicted molar refractivity (Wildman–Crippen MR) is 78.3 cm³/mol. The summed E-state index contributed by atoms with van der Waals surface area (Å²) < 4.78 is 5.65. The van der Waals surface area contributed by atoms with Crippen molar-refractivity contribution >= 4 is 0 Å². The fourth-order valence-electron chi connectivity index (χ4n) is 3.03. The Kier molecular flexibility index (Phi) is 5.71. The van der Waals surface area contributed by atoms with E-state index in [-0.39, 0.29) is 6.10 Å². The zero-order valence-corrected chi connectivity index (χ0v) is 11.9. The van der Waals surface area contributed by atoms with Crippen LogP contribution in [0.2, 0.25) is 0 Å². The first-order chi connectivity index (χ1) is 9.29. The Morgan fingerprint density at radius 3 is 2.47 bits per heavy atom. The van der Waals surface area contributed by atoms with E-state index >= 15 is 0 Å². The molecule has 2 rings (SSSR count). The van der Waals surface area contributed by atoms with E-state index in [1.54, 1.807) is 0 Å². The van der Waals surface area contributed by atoms with Crippen molar-refractivity contribution in [2.24, 2.45) is 11.8 Å². The topological polar surface area (TPSA) is 29.5 Å². The molecule has 0 amide bonds. The van der Waals surface area contributed by atoms with Gasteiger partial charge in [0.2, 0.25) is 0 Å². The third-order valence-electron chi connectivity index (χ3n) is 4.44. The molecule has 2 nitrogen and oxygen atoms in total. The van der Waals surface area contributed by atoms with Gasteiger partial charge in [-0.1, -0.05) is 44.4 Å². The second kappa shape index (κ2) is 7.54. The molecule has 0 aromatic heterocycles. The van der Waals surface area contributed by atoms with Gasteiger partial charge in [0.1, 0.15) is 5.75 Å². The van der Waals surface area contributed by atoms with E-state index in [4.69, 9.17) is 4.74 Å². The van der Waals surface area contributed by atoms with Gasteiger partial charge >= 0.3 is 0 Å². The normalized spacial score (nSPS) is 24.9. The number of benzene rings is 1. The summed E-state index contributed by atoms with van der Waals surface area (Å²) >= 11 is 0. The van der Waals surface area contributed by atoms with E-state index in [1.165, 1.54) is 32.1 Å². The Hall–Kier alpha value is -1.02. The molecule has 1 aliphatic rings. The van der Waals surface area contributed by atoms with Gasteiger partial charge in [0.25, 0.3) is 0 Å². The summed E-state index contributed by atoms with van der Waals surface area (Å²) in [5.74, 6) is 2.27. The van der Waals surface area contributed by atoms with E-state index in [9.17, 15) is 5.11 Å². The van der Waals surface area contributed by atoms with Gasteiger partial charge in [-0.05, 0) is 36.8 Å². The summed E-state index contributed by atoms with van der Waals surface area (Å²) in [7, 11) is 0. The van der Waals surface area contributed by atoms with E-state index in [0.717, 1.165) is 18.1 Å². The van der Waals surface area contributed by atoms with Crippen LogP contribution in [0, 0.1) is 11.8 Å². The lowest BCUT2D eigenvalue weighted by molar-refractivity contribution is 0.0548. The number of ether oxygens (including phenoxy) is 1. The Morgan fingerprint density at radius 1 is 1.16 bits per heavy atom. The van der Waals surface area contributed by atoms with E-state index in [2.05, 4.69) is 6.92 Å². The molecule has 0 heterocycles. The first-order valence-electron chi connectivity index (χ1n) is 7.65. The van der Waals surface area contributed by atoms with Crippen LogP contribution >= 0.6 is 0 Å². The van der Waals surface area contributed by atoms with Crippen molar-refractivity contribution in [3.63, 3.8) is 0 Å². The highest BCUT2D eigenvalue weighted by Crippen LogP contribution is 2.33. The average molecular weight is 262 g/mol. The molecule has 0 aliphatic heterocycles. The standard InChI is InChI=1S/C17H26O2/c1-2-14-8-10-15(11-9-14)17(18)12-13-19-16-6-4-3-5-7-16/h3-7,14-15,17-18H,2,8-13H2,1H3. The molecule has 19 heavy (non-hydrogen) atoms. The summed E-state index contributed by atoms with van der Waals surface area (Å²) in [5.41, 5.74) is 0. The lowest BCUT2D eigenvalue weighted by Crippen LogP contribution is -2.27. The lowest BCUT2D eigenvalue weighted by atomic mass is 9.78. The van der Waals surface area contributed by atoms with E-state index < -0.39 is 0 Å². The van der Waals surface area contributed by atoms with Crippen LogP contribution in [0.15, 0.2) is 30.3 Å². The third-order valence-corrected chi connectivity index (χ3v) is 4.44. The van der Waals surface area contributed by atoms with Crippen LogP contribution in [0.4, 0.5) is 0 Å². The van der Waals surface area contributed by atoms with Crippen LogP contribution in [0.3, 0.4) is 0 Å². The van der Waals surface area contributed by atoms with Gasteiger partial charge in [-0.3, -0.25) is 0 Å². The molecule has 1 aromatic carbocycles. The van der Waals surface area contributed by atoms with Crippen LogP contribution in [0.1, 0.15) is 45.4 Å². The molecule has 106 valence electrons.